The number of hydrogen-bond donors (Lipinski definition) is 3. The van der Waals surface area contributed by atoms with Gasteiger partial charge >= 0.3 is 12.0 Å². The summed E-state index contributed by atoms with van der Waals surface area (Å²) < 4.78 is 30.5. The maximum Gasteiger partial charge on any atom is 0.312 e. The minimum Gasteiger partial charge on any atom is -0.455 e. The van der Waals surface area contributed by atoms with Crippen LogP contribution in [0.3, 0.4) is 0 Å². The molecule has 0 aromatic heterocycles. The Hall–Kier alpha value is -2.86. The summed E-state index contributed by atoms with van der Waals surface area (Å²) in [5.74, 6) is -1.52. The van der Waals surface area contributed by atoms with E-state index in [2.05, 4.69) is 10.6 Å². The molecule has 33 heavy (non-hydrogen) atoms. The first-order chi connectivity index (χ1) is 15.4. The van der Waals surface area contributed by atoms with Crippen molar-refractivity contribution in [3.8, 4) is 0 Å². The Bertz CT molecular complexity index is 1140. The van der Waals surface area contributed by atoms with Crippen molar-refractivity contribution < 1.29 is 27.5 Å². The van der Waals surface area contributed by atoms with Crippen LogP contribution in [0.5, 0.6) is 0 Å². The maximum absolute atomic E-state index is 12.3. The molecule has 0 heterocycles. The molecule has 0 saturated carbocycles. The molecule has 0 spiro atoms. The van der Waals surface area contributed by atoms with E-state index in [0.29, 0.717) is 10.6 Å². The molecule has 0 aliphatic rings. The smallest absolute Gasteiger partial charge is 0.312 e. The Morgan fingerprint density at radius 1 is 1.09 bits per heavy atom. The van der Waals surface area contributed by atoms with Gasteiger partial charge in [-0.25, -0.2) is 17.5 Å². The largest absolute Gasteiger partial charge is 0.455 e. The van der Waals surface area contributed by atoms with E-state index in [9.17, 15) is 22.8 Å². The number of sulfonamides is 1. The van der Waals surface area contributed by atoms with E-state index >= 15 is 0 Å². The highest BCUT2D eigenvalue weighted by Crippen LogP contribution is 2.26. The lowest BCUT2D eigenvalue weighted by Gasteiger charge is -2.17. The number of primary amides is 1. The van der Waals surface area contributed by atoms with Gasteiger partial charge in [0.15, 0.2) is 6.61 Å². The number of urea groups is 1. The molecule has 10 nitrogen and oxygen atoms in total. The second-order valence-electron chi connectivity index (χ2n) is 6.95. The fourth-order valence-corrected chi connectivity index (χ4v) is 3.87. The van der Waals surface area contributed by atoms with Crippen molar-refractivity contribution in [2.24, 2.45) is 5.73 Å². The number of nitrogens with one attached hydrogen (secondary N) is 2. The molecule has 178 valence electrons. The monoisotopic (exact) mass is 516 g/mol. The van der Waals surface area contributed by atoms with E-state index in [1.165, 1.54) is 32.3 Å². The van der Waals surface area contributed by atoms with Gasteiger partial charge in [0.2, 0.25) is 10.0 Å². The highest BCUT2D eigenvalue weighted by molar-refractivity contribution is 7.89. The summed E-state index contributed by atoms with van der Waals surface area (Å²) in [6.45, 7) is -0.663. The van der Waals surface area contributed by atoms with Crippen molar-refractivity contribution in [2.45, 2.75) is 17.4 Å². The predicted octanol–water partition coefficient (Wildman–Crippen LogP) is 2.53. The molecule has 13 heteroatoms. The molecule has 4 N–H and O–H groups in total. The molecule has 0 bridgehead atoms. The molecule has 0 aliphatic carbocycles. The van der Waals surface area contributed by atoms with Gasteiger partial charge in [-0.15, -0.1) is 0 Å². The van der Waals surface area contributed by atoms with E-state index in [1.54, 1.807) is 24.3 Å². The van der Waals surface area contributed by atoms with Crippen LogP contribution in [0.25, 0.3) is 0 Å². The molecule has 0 aliphatic heterocycles. The maximum atomic E-state index is 12.3. The van der Waals surface area contributed by atoms with E-state index in [0.717, 1.165) is 4.31 Å². The van der Waals surface area contributed by atoms with Crippen LogP contribution >= 0.6 is 23.2 Å². The lowest BCUT2D eigenvalue weighted by Crippen LogP contribution is -2.35. The number of carbonyl (C=O) groups is 3. The topological polar surface area (TPSA) is 148 Å². The van der Waals surface area contributed by atoms with E-state index in [-0.39, 0.29) is 22.0 Å². The van der Waals surface area contributed by atoms with Gasteiger partial charge in [-0.3, -0.25) is 9.59 Å². The minimum atomic E-state index is -3.75. The second kappa shape index (κ2) is 11.3. The number of hydrogen-bond acceptors (Lipinski definition) is 6. The van der Waals surface area contributed by atoms with Crippen molar-refractivity contribution in [2.75, 3.05) is 26.0 Å². The van der Waals surface area contributed by atoms with Crippen LogP contribution in [0.1, 0.15) is 18.0 Å². The first kappa shape index (κ1) is 26.4. The number of nitrogens with two attached hydrogens (primary N) is 1. The van der Waals surface area contributed by atoms with Gasteiger partial charge in [0.25, 0.3) is 5.91 Å². The summed E-state index contributed by atoms with van der Waals surface area (Å²) in [7, 11) is -1.01. The Balaban J connectivity index is 2.01. The second-order valence-corrected chi connectivity index (χ2v) is 9.95. The summed E-state index contributed by atoms with van der Waals surface area (Å²) in [4.78, 5) is 35.7. The summed E-state index contributed by atoms with van der Waals surface area (Å²) in [5, 5.41) is 5.40. The van der Waals surface area contributed by atoms with Gasteiger partial charge in [-0.2, -0.15) is 0 Å². The SMILES string of the molecule is CN(C)S(=O)(=O)c1ccc(Cl)c(NC(=O)COC(=O)C[C@H](NC(N)=O)c2ccc(Cl)cc2)c1. The van der Waals surface area contributed by atoms with Crippen LogP contribution in [0.2, 0.25) is 10.0 Å². The zero-order valence-electron chi connectivity index (χ0n) is 17.7. The van der Waals surface area contributed by atoms with Crippen molar-refractivity contribution in [3.63, 3.8) is 0 Å². The molecule has 1 atom stereocenters. The number of halogens is 2. The molecule has 0 saturated heterocycles. The van der Waals surface area contributed by atoms with E-state index in [4.69, 9.17) is 33.7 Å². The van der Waals surface area contributed by atoms with Gasteiger partial charge in [0.05, 0.1) is 28.1 Å². The number of amides is 3. The number of anilines is 1. The average Bonchev–Trinajstić information content (AvgIpc) is 2.73. The first-order valence-electron chi connectivity index (χ1n) is 9.39. The minimum absolute atomic E-state index is 0.0371. The van der Waals surface area contributed by atoms with Gasteiger partial charge in [-0.1, -0.05) is 35.3 Å². The van der Waals surface area contributed by atoms with Gasteiger partial charge in [0, 0.05) is 19.1 Å². The number of benzene rings is 2. The summed E-state index contributed by atoms with van der Waals surface area (Å²) >= 11 is 11.9. The van der Waals surface area contributed by atoms with Crippen molar-refractivity contribution in [3.05, 3.63) is 58.1 Å². The van der Waals surface area contributed by atoms with E-state index in [1.807, 2.05) is 0 Å². The van der Waals surface area contributed by atoms with Crippen LogP contribution in [-0.2, 0) is 24.3 Å². The van der Waals surface area contributed by atoms with Crippen LogP contribution in [0.15, 0.2) is 47.4 Å². The lowest BCUT2D eigenvalue weighted by molar-refractivity contribution is -0.147. The van der Waals surface area contributed by atoms with Crippen LogP contribution in [0.4, 0.5) is 10.5 Å². The molecule has 2 rings (SSSR count). The lowest BCUT2D eigenvalue weighted by atomic mass is 10.0. The Labute approximate surface area is 201 Å². The normalized spacial score (nSPS) is 12.2. The van der Waals surface area contributed by atoms with E-state index < -0.39 is 40.6 Å². The van der Waals surface area contributed by atoms with Crippen molar-refractivity contribution >= 4 is 56.8 Å². The Morgan fingerprint density at radius 2 is 1.73 bits per heavy atom. The summed E-state index contributed by atoms with van der Waals surface area (Å²) in [6, 6.07) is 8.58. The number of nitrogens with zero attached hydrogens (tertiary/aromatic N) is 1. The quantitative estimate of drug-likeness (QED) is 0.436. The number of ether oxygens (including phenoxy) is 1. The van der Waals surface area contributed by atoms with Gasteiger partial charge < -0.3 is 21.1 Å². The predicted molar refractivity (Wildman–Crippen MR) is 123 cm³/mol. The first-order valence-corrected chi connectivity index (χ1v) is 11.6. The van der Waals surface area contributed by atoms with Crippen molar-refractivity contribution in [1.82, 2.24) is 9.62 Å². The van der Waals surface area contributed by atoms with Crippen molar-refractivity contribution in [1.29, 1.82) is 0 Å². The van der Waals surface area contributed by atoms with Gasteiger partial charge in [-0.05, 0) is 35.9 Å². The molecule has 0 radical (unpaired) electrons. The average molecular weight is 517 g/mol. The Kier molecular flexibility index (Phi) is 9.06. The highest BCUT2D eigenvalue weighted by Gasteiger charge is 2.21. The molecule has 2 aromatic rings. The zero-order valence-corrected chi connectivity index (χ0v) is 20.0. The third-order valence-corrected chi connectivity index (χ3v) is 6.71. The number of esters is 1. The third kappa shape index (κ3) is 7.60. The fourth-order valence-electron chi connectivity index (χ4n) is 2.65. The molecular weight excluding hydrogens is 495 g/mol. The zero-order chi connectivity index (χ0) is 24.8. The molecular formula is C20H22Cl2N4O6S. The van der Waals surface area contributed by atoms with Gasteiger partial charge in [0.1, 0.15) is 0 Å². The van der Waals surface area contributed by atoms with Crippen LogP contribution in [-0.4, -0.2) is 51.3 Å². The number of carbonyl (C=O) groups excluding carboxylic acids is 3. The highest BCUT2D eigenvalue weighted by atomic mass is 35.5. The fraction of sp³-hybridized carbons (Fsp3) is 0.250. The van der Waals surface area contributed by atoms with Crippen LogP contribution < -0.4 is 16.4 Å². The number of rotatable bonds is 9. The molecule has 2 aromatic carbocycles. The third-order valence-electron chi connectivity index (χ3n) is 4.31. The molecule has 3 amide bonds. The standard InChI is InChI=1S/C20H22Cl2N4O6S/c1-26(2)33(30,31)14-7-8-15(22)17(9-14)24-18(27)11-32-19(28)10-16(25-20(23)29)12-3-5-13(21)6-4-12/h3-9,16H,10-11H2,1-2H3,(H,24,27)(H3,23,25,29)/t16-/m0/s1. The molecule has 0 fully saturated rings. The van der Waals surface area contributed by atoms with Crippen LogP contribution in [0, 0.1) is 0 Å². The summed E-state index contributed by atoms with van der Waals surface area (Å²) in [6.07, 6.45) is -0.296. The molecule has 0 unspecified atom stereocenters. The Morgan fingerprint density at radius 3 is 2.30 bits per heavy atom. The summed E-state index contributed by atoms with van der Waals surface area (Å²) in [5.41, 5.74) is 5.77.